The molecule has 0 unspecified atom stereocenters. The Morgan fingerprint density at radius 1 is 1.06 bits per heavy atom. The fraction of sp³-hybridized carbons (Fsp3) is 0.346. The average Bonchev–Trinajstić information content (AvgIpc) is 2.83. The molecule has 0 spiro atoms. The van der Waals surface area contributed by atoms with E-state index in [1.54, 1.807) is 12.4 Å². The van der Waals surface area contributed by atoms with Gasteiger partial charge in [-0.25, -0.2) is 9.97 Å². The van der Waals surface area contributed by atoms with E-state index in [0.717, 1.165) is 55.0 Å². The second-order valence-electron chi connectivity index (χ2n) is 8.25. The molecule has 4 rings (SSSR count). The Kier molecular flexibility index (Phi) is 7.00. The minimum absolute atomic E-state index is 0.0129. The maximum absolute atomic E-state index is 12.7. The van der Waals surface area contributed by atoms with E-state index < -0.39 is 0 Å². The van der Waals surface area contributed by atoms with Gasteiger partial charge in [0.05, 0.1) is 0 Å². The molecule has 1 amide bonds. The standard InChI is InChI=1S/C26H30N4O2/c1-3-20-7-9-21(10-8-20)18-29-25(31)22-11-15-30(16-12-22)24-26(28-14-13-27-24)32-23-6-4-5-19(2)17-23/h4-10,13-14,17,22H,3,11-12,15-16,18H2,1-2H3,(H,29,31). The summed E-state index contributed by atoms with van der Waals surface area (Å²) in [5.74, 6) is 2.10. The number of carbonyl (C=O) groups is 1. The summed E-state index contributed by atoms with van der Waals surface area (Å²) in [6, 6.07) is 16.3. The SMILES string of the molecule is CCc1ccc(CNC(=O)C2CCN(c3nccnc3Oc3cccc(C)c3)CC2)cc1. The number of amides is 1. The van der Waals surface area contributed by atoms with Crippen LogP contribution in [0.3, 0.4) is 0 Å². The highest BCUT2D eigenvalue weighted by atomic mass is 16.5. The first kappa shape index (κ1) is 21.8. The summed E-state index contributed by atoms with van der Waals surface area (Å²) in [7, 11) is 0. The Labute approximate surface area is 189 Å². The number of nitrogens with one attached hydrogen (secondary N) is 1. The Bertz CT molecular complexity index is 1040. The normalized spacial score (nSPS) is 14.2. The van der Waals surface area contributed by atoms with Gasteiger partial charge in [-0.05, 0) is 55.0 Å². The highest BCUT2D eigenvalue weighted by molar-refractivity contribution is 5.79. The average molecular weight is 431 g/mol. The number of piperidine rings is 1. The van der Waals surface area contributed by atoms with Crippen LogP contribution < -0.4 is 15.0 Å². The molecule has 1 fully saturated rings. The molecular formula is C26H30N4O2. The van der Waals surface area contributed by atoms with Crippen molar-refractivity contribution in [2.45, 2.75) is 39.7 Å². The lowest BCUT2D eigenvalue weighted by molar-refractivity contribution is -0.125. The first-order valence-corrected chi connectivity index (χ1v) is 11.3. The Hall–Kier alpha value is -3.41. The molecule has 0 saturated carbocycles. The van der Waals surface area contributed by atoms with Gasteiger partial charge in [-0.15, -0.1) is 0 Å². The third-order valence-electron chi connectivity index (χ3n) is 5.91. The van der Waals surface area contributed by atoms with Crippen molar-refractivity contribution < 1.29 is 9.53 Å². The lowest BCUT2D eigenvalue weighted by atomic mass is 9.96. The molecule has 0 atom stereocenters. The second kappa shape index (κ2) is 10.3. The lowest BCUT2D eigenvalue weighted by Gasteiger charge is -2.32. The van der Waals surface area contributed by atoms with Gasteiger partial charge < -0.3 is 15.0 Å². The molecule has 1 aromatic heterocycles. The summed E-state index contributed by atoms with van der Waals surface area (Å²) >= 11 is 0. The van der Waals surface area contributed by atoms with E-state index in [0.29, 0.717) is 12.4 Å². The van der Waals surface area contributed by atoms with Gasteiger partial charge in [0.25, 0.3) is 5.88 Å². The van der Waals surface area contributed by atoms with E-state index >= 15 is 0 Å². The van der Waals surface area contributed by atoms with E-state index in [1.165, 1.54) is 5.56 Å². The predicted octanol–water partition coefficient (Wildman–Crippen LogP) is 4.67. The monoisotopic (exact) mass is 430 g/mol. The van der Waals surface area contributed by atoms with E-state index in [-0.39, 0.29) is 11.8 Å². The summed E-state index contributed by atoms with van der Waals surface area (Å²) in [5, 5.41) is 3.10. The van der Waals surface area contributed by atoms with E-state index in [2.05, 4.69) is 51.4 Å². The van der Waals surface area contributed by atoms with Crippen LogP contribution in [0.4, 0.5) is 5.82 Å². The van der Waals surface area contributed by atoms with Crippen molar-refractivity contribution in [2.24, 2.45) is 5.92 Å². The molecule has 166 valence electrons. The Morgan fingerprint density at radius 3 is 2.50 bits per heavy atom. The molecule has 1 saturated heterocycles. The number of hydrogen-bond acceptors (Lipinski definition) is 5. The molecule has 2 heterocycles. The minimum atomic E-state index is 0.0129. The highest BCUT2D eigenvalue weighted by Gasteiger charge is 2.27. The van der Waals surface area contributed by atoms with Crippen molar-refractivity contribution in [3.05, 3.63) is 77.6 Å². The van der Waals surface area contributed by atoms with E-state index in [9.17, 15) is 4.79 Å². The van der Waals surface area contributed by atoms with Crippen LogP contribution in [0.2, 0.25) is 0 Å². The molecule has 32 heavy (non-hydrogen) atoms. The quantitative estimate of drug-likeness (QED) is 0.590. The molecule has 0 radical (unpaired) electrons. The van der Waals surface area contributed by atoms with Crippen molar-refractivity contribution in [3.8, 4) is 11.6 Å². The fourth-order valence-corrected chi connectivity index (χ4v) is 3.98. The molecule has 1 aliphatic rings. The lowest BCUT2D eigenvalue weighted by Crippen LogP contribution is -2.40. The number of anilines is 1. The van der Waals surface area contributed by atoms with Gasteiger partial charge in [0.1, 0.15) is 5.75 Å². The van der Waals surface area contributed by atoms with Gasteiger partial charge in [-0.1, -0.05) is 43.3 Å². The maximum Gasteiger partial charge on any atom is 0.263 e. The summed E-state index contributed by atoms with van der Waals surface area (Å²) < 4.78 is 6.03. The van der Waals surface area contributed by atoms with Crippen LogP contribution in [0, 0.1) is 12.8 Å². The number of aryl methyl sites for hydroxylation is 2. The minimum Gasteiger partial charge on any atom is -0.436 e. The molecule has 6 nitrogen and oxygen atoms in total. The molecule has 2 aromatic carbocycles. The molecule has 1 aliphatic heterocycles. The van der Waals surface area contributed by atoms with Gasteiger partial charge in [-0.3, -0.25) is 4.79 Å². The van der Waals surface area contributed by atoms with Gasteiger partial charge in [0.2, 0.25) is 5.91 Å². The number of hydrogen-bond donors (Lipinski definition) is 1. The maximum atomic E-state index is 12.7. The van der Waals surface area contributed by atoms with Crippen LogP contribution in [0.1, 0.15) is 36.5 Å². The smallest absolute Gasteiger partial charge is 0.263 e. The van der Waals surface area contributed by atoms with Crippen LogP contribution in [-0.2, 0) is 17.8 Å². The molecule has 0 bridgehead atoms. The zero-order valence-corrected chi connectivity index (χ0v) is 18.8. The predicted molar refractivity (Wildman–Crippen MR) is 126 cm³/mol. The molecule has 0 aliphatic carbocycles. The zero-order valence-electron chi connectivity index (χ0n) is 18.8. The van der Waals surface area contributed by atoms with Gasteiger partial charge in [0.15, 0.2) is 5.82 Å². The van der Waals surface area contributed by atoms with E-state index in [4.69, 9.17) is 4.74 Å². The largest absolute Gasteiger partial charge is 0.436 e. The molecule has 1 N–H and O–H groups in total. The molecule has 6 heteroatoms. The summed E-state index contributed by atoms with van der Waals surface area (Å²) in [6.07, 6.45) is 5.90. The Morgan fingerprint density at radius 2 is 1.78 bits per heavy atom. The first-order chi connectivity index (χ1) is 15.6. The number of ether oxygens (including phenoxy) is 1. The molecule has 3 aromatic rings. The highest BCUT2D eigenvalue weighted by Crippen LogP contribution is 2.31. The van der Waals surface area contributed by atoms with Crippen molar-refractivity contribution >= 4 is 11.7 Å². The third-order valence-corrected chi connectivity index (χ3v) is 5.91. The van der Waals surface area contributed by atoms with E-state index in [1.807, 2.05) is 31.2 Å². The number of nitrogens with zero attached hydrogens (tertiary/aromatic N) is 3. The van der Waals surface area contributed by atoms with Gasteiger partial charge >= 0.3 is 0 Å². The third kappa shape index (κ3) is 5.44. The van der Waals surface area contributed by atoms with Gasteiger partial charge in [0, 0.05) is 37.9 Å². The number of rotatable bonds is 7. The topological polar surface area (TPSA) is 67.4 Å². The molecular weight excluding hydrogens is 400 g/mol. The summed E-state index contributed by atoms with van der Waals surface area (Å²) in [5.41, 5.74) is 3.56. The van der Waals surface area contributed by atoms with Crippen LogP contribution in [0.5, 0.6) is 11.6 Å². The zero-order chi connectivity index (χ0) is 22.3. The summed E-state index contributed by atoms with van der Waals surface area (Å²) in [6.45, 7) is 6.22. The number of benzene rings is 2. The fourth-order valence-electron chi connectivity index (χ4n) is 3.98. The van der Waals surface area contributed by atoms with Crippen LogP contribution in [0.25, 0.3) is 0 Å². The second-order valence-corrected chi connectivity index (χ2v) is 8.25. The van der Waals surface area contributed by atoms with Crippen LogP contribution in [0.15, 0.2) is 60.9 Å². The van der Waals surface area contributed by atoms with Crippen molar-refractivity contribution in [3.63, 3.8) is 0 Å². The first-order valence-electron chi connectivity index (χ1n) is 11.3. The van der Waals surface area contributed by atoms with Crippen molar-refractivity contribution in [1.82, 2.24) is 15.3 Å². The van der Waals surface area contributed by atoms with Crippen LogP contribution >= 0.6 is 0 Å². The Balaban J connectivity index is 1.33. The summed E-state index contributed by atoms with van der Waals surface area (Å²) in [4.78, 5) is 23.8. The van der Waals surface area contributed by atoms with Gasteiger partial charge in [-0.2, -0.15) is 0 Å². The van der Waals surface area contributed by atoms with Crippen molar-refractivity contribution in [2.75, 3.05) is 18.0 Å². The van der Waals surface area contributed by atoms with Crippen LogP contribution in [-0.4, -0.2) is 29.0 Å². The number of aromatic nitrogens is 2. The van der Waals surface area contributed by atoms with Crippen molar-refractivity contribution in [1.29, 1.82) is 0 Å². The number of carbonyl (C=O) groups excluding carboxylic acids is 1.